The Bertz CT molecular complexity index is 685. The predicted octanol–water partition coefficient (Wildman–Crippen LogP) is 3.54. The second kappa shape index (κ2) is 26.3. The van der Waals surface area contributed by atoms with Crippen molar-refractivity contribution in [2.45, 2.75) is 13.2 Å². The zero-order valence-electron chi connectivity index (χ0n) is 23.2. The quantitative estimate of drug-likeness (QED) is 0.148. The topological polar surface area (TPSA) is 83.1 Å². The lowest BCUT2D eigenvalue weighted by Gasteiger charge is -2.09. The van der Waals surface area contributed by atoms with Gasteiger partial charge in [0.15, 0.2) is 0 Å². The third-order valence-electron chi connectivity index (χ3n) is 5.20. The van der Waals surface area contributed by atoms with Crippen LogP contribution in [0.5, 0.6) is 0 Å². The molecule has 39 heavy (non-hydrogen) atoms. The van der Waals surface area contributed by atoms with Crippen molar-refractivity contribution in [1.29, 1.82) is 0 Å². The molecule has 2 aromatic carbocycles. The van der Waals surface area contributed by atoms with Gasteiger partial charge in [-0.15, -0.1) is 0 Å². The molecule has 9 heteroatoms. The molecule has 0 saturated heterocycles. The van der Waals surface area contributed by atoms with Gasteiger partial charge in [0.2, 0.25) is 0 Å². The van der Waals surface area contributed by atoms with Crippen molar-refractivity contribution in [2.24, 2.45) is 0 Å². The second-order valence-corrected chi connectivity index (χ2v) is 8.36. The van der Waals surface area contributed by atoms with Gasteiger partial charge in [0, 0.05) is 0 Å². The van der Waals surface area contributed by atoms with Crippen LogP contribution in [-0.2, 0) is 55.8 Å². The molecular weight excluding hydrogens is 504 g/mol. The Balaban J connectivity index is 1.16. The van der Waals surface area contributed by atoms with Gasteiger partial charge in [0.05, 0.1) is 119 Å². The van der Waals surface area contributed by atoms with Gasteiger partial charge >= 0.3 is 0 Å². The van der Waals surface area contributed by atoms with E-state index in [1.165, 1.54) is 0 Å². The molecule has 0 aliphatic rings. The van der Waals surface area contributed by atoms with E-state index in [2.05, 4.69) is 0 Å². The lowest BCUT2D eigenvalue weighted by atomic mass is 10.2. The fourth-order valence-corrected chi connectivity index (χ4v) is 3.19. The molecule has 0 aliphatic heterocycles. The fraction of sp³-hybridized carbons (Fsp3) is 0.600. The highest BCUT2D eigenvalue weighted by Crippen LogP contribution is 2.01. The summed E-state index contributed by atoms with van der Waals surface area (Å²) in [5.41, 5.74) is 2.33. The lowest BCUT2D eigenvalue weighted by Crippen LogP contribution is -2.15. The maximum Gasteiger partial charge on any atom is 0.0718 e. The molecule has 0 bridgehead atoms. The van der Waals surface area contributed by atoms with Crippen LogP contribution in [0.1, 0.15) is 11.1 Å². The molecule has 0 saturated carbocycles. The fourth-order valence-electron chi connectivity index (χ4n) is 3.19. The maximum absolute atomic E-state index is 5.56. The standard InChI is InChI=1S/C30H46O9/c1-3-7-29(8-4-1)27-38-25-23-36-21-19-34-17-15-32-13-11-31-12-14-33-16-18-35-20-22-37-24-26-39-28-30-9-5-2-6-10-30/h1-10H,11-28H2. The summed E-state index contributed by atoms with van der Waals surface area (Å²) in [4.78, 5) is 0. The van der Waals surface area contributed by atoms with Crippen molar-refractivity contribution in [3.63, 3.8) is 0 Å². The van der Waals surface area contributed by atoms with Gasteiger partial charge < -0.3 is 42.6 Å². The summed E-state index contributed by atoms with van der Waals surface area (Å²) in [7, 11) is 0. The van der Waals surface area contributed by atoms with Gasteiger partial charge in [-0.05, 0) is 11.1 Å². The molecule has 0 heterocycles. The monoisotopic (exact) mass is 550 g/mol. The van der Waals surface area contributed by atoms with Gasteiger partial charge in [-0.3, -0.25) is 0 Å². The van der Waals surface area contributed by atoms with E-state index in [-0.39, 0.29) is 0 Å². The summed E-state index contributed by atoms with van der Waals surface area (Å²) in [6.45, 7) is 9.85. The summed E-state index contributed by atoms with van der Waals surface area (Å²) >= 11 is 0. The second-order valence-electron chi connectivity index (χ2n) is 8.36. The van der Waals surface area contributed by atoms with Gasteiger partial charge in [-0.2, -0.15) is 0 Å². The van der Waals surface area contributed by atoms with Gasteiger partial charge in [0.1, 0.15) is 0 Å². The molecule has 2 rings (SSSR count). The van der Waals surface area contributed by atoms with E-state index in [1.54, 1.807) is 0 Å². The van der Waals surface area contributed by atoms with Crippen LogP contribution in [-0.4, -0.2) is 106 Å². The van der Waals surface area contributed by atoms with Crippen molar-refractivity contribution in [3.05, 3.63) is 71.8 Å². The van der Waals surface area contributed by atoms with Crippen molar-refractivity contribution >= 4 is 0 Å². The molecule has 0 radical (unpaired) electrons. The van der Waals surface area contributed by atoms with Crippen LogP contribution >= 0.6 is 0 Å². The highest BCUT2D eigenvalue weighted by Gasteiger charge is 1.96. The van der Waals surface area contributed by atoms with E-state index in [9.17, 15) is 0 Å². The molecule has 0 N–H and O–H groups in total. The zero-order chi connectivity index (χ0) is 27.3. The molecule has 0 aromatic heterocycles. The lowest BCUT2D eigenvalue weighted by molar-refractivity contribution is -0.0257. The molecule has 0 amide bonds. The molecule has 0 spiro atoms. The third kappa shape index (κ3) is 21.6. The first-order valence-corrected chi connectivity index (χ1v) is 13.7. The van der Waals surface area contributed by atoms with Crippen molar-refractivity contribution in [2.75, 3.05) is 106 Å². The van der Waals surface area contributed by atoms with Gasteiger partial charge in [-0.25, -0.2) is 0 Å². The molecule has 0 aliphatic carbocycles. The molecular formula is C30H46O9. The third-order valence-corrected chi connectivity index (χ3v) is 5.20. The van der Waals surface area contributed by atoms with Crippen LogP contribution in [0.15, 0.2) is 60.7 Å². The smallest absolute Gasteiger partial charge is 0.0718 e. The van der Waals surface area contributed by atoms with Crippen LogP contribution in [0.3, 0.4) is 0 Å². The Morgan fingerprint density at radius 1 is 0.256 bits per heavy atom. The summed E-state index contributed by atoms with van der Waals surface area (Å²) in [5, 5.41) is 0. The first kappa shape index (κ1) is 33.3. The highest BCUT2D eigenvalue weighted by molar-refractivity contribution is 5.14. The first-order valence-electron chi connectivity index (χ1n) is 13.7. The summed E-state index contributed by atoms with van der Waals surface area (Å²) < 4.78 is 49.5. The van der Waals surface area contributed by atoms with Crippen LogP contribution in [0.2, 0.25) is 0 Å². The first-order chi connectivity index (χ1) is 19.4. The maximum atomic E-state index is 5.56. The number of hydrogen-bond donors (Lipinski definition) is 0. The largest absolute Gasteiger partial charge is 0.377 e. The van der Waals surface area contributed by atoms with E-state index in [4.69, 9.17) is 42.6 Å². The van der Waals surface area contributed by atoms with Gasteiger partial charge in [-0.1, -0.05) is 60.7 Å². The summed E-state index contributed by atoms with van der Waals surface area (Å²) in [5.74, 6) is 0. The average Bonchev–Trinajstić information content (AvgIpc) is 2.98. The Morgan fingerprint density at radius 3 is 0.692 bits per heavy atom. The highest BCUT2D eigenvalue weighted by atomic mass is 16.6. The van der Waals surface area contributed by atoms with E-state index in [0.717, 1.165) is 11.1 Å². The van der Waals surface area contributed by atoms with Gasteiger partial charge in [0.25, 0.3) is 0 Å². The SMILES string of the molecule is c1ccc(COCCOCCOCCOCCOCCOCCOCCOCCOCc2ccccc2)cc1. The van der Waals surface area contributed by atoms with Crippen molar-refractivity contribution in [3.8, 4) is 0 Å². The van der Waals surface area contributed by atoms with Crippen molar-refractivity contribution in [1.82, 2.24) is 0 Å². The summed E-state index contributed by atoms with van der Waals surface area (Å²) in [6, 6.07) is 20.2. The number of benzene rings is 2. The molecule has 220 valence electrons. The van der Waals surface area contributed by atoms with E-state index >= 15 is 0 Å². The number of hydrogen-bond acceptors (Lipinski definition) is 9. The predicted molar refractivity (Wildman–Crippen MR) is 148 cm³/mol. The minimum Gasteiger partial charge on any atom is -0.377 e. The molecule has 0 atom stereocenters. The minimum absolute atomic E-state index is 0.526. The Hall–Kier alpha value is -1.92. The normalized spacial score (nSPS) is 11.3. The average molecular weight is 551 g/mol. The molecule has 0 unspecified atom stereocenters. The Kier molecular flexibility index (Phi) is 22.5. The number of ether oxygens (including phenoxy) is 9. The zero-order valence-corrected chi connectivity index (χ0v) is 23.2. The summed E-state index contributed by atoms with van der Waals surface area (Å²) in [6.07, 6.45) is 0. The minimum atomic E-state index is 0.526. The van der Waals surface area contributed by atoms with Crippen LogP contribution < -0.4 is 0 Å². The van der Waals surface area contributed by atoms with Crippen LogP contribution in [0.4, 0.5) is 0 Å². The van der Waals surface area contributed by atoms with E-state index < -0.39 is 0 Å². The van der Waals surface area contributed by atoms with E-state index in [0.29, 0.717) is 119 Å². The molecule has 0 fully saturated rings. The molecule has 9 nitrogen and oxygen atoms in total. The Labute approximate surface area is 233 Å². The van der Waals surface area contributed by atoms with Crippen molar-refractivity contribution < 1.29 is 42.6 Å². The van der Waals surface area contributed by atoms with Crippen LogP contribution in [0.25, 0.3) is 0 Å². The van der Waals surface area contributed by atoms with E-state index in [1.807, 2.05) is 60.7 Å². The van der Waals surface area contributed by atoms with Crippen LogP contribution in [0, 0.1) is 0 Å². The molecule has 2 aromatic rings. The Morgan fingerprint density at radius 2 is 0.462 bits per heavy atom. The number of rotatable bonds is 28.